The number of primary amides is 1. The topological polar surface area (TPSA) is 205 Å². The minimum absolute atomic E-state index is 0.0480. The van der Waals surface area contributed by atoms with Crippen LogP contribution in [0.2, 0.25) is 0 Å². The van der Waals surface area contributed by atoms with Gasteiger partial charge in [-0.05, 0) is 24.1 Å². The van der Waals surface area contributed by atoms with Crippen molar-refractivity contribution < 1.29 is 34.5 Å². The Hall–Kier alpha value is -3.18. The number of carboxylic acids is 1. The van der Waals surface area contributed by atoms with Gasteiger partial charge in [0.15, 0.2) is 0 Å². The number of aromatic hydroxyl groups is 1. The van der Waals surface area contributed by atoms with Crippen LogP contribution in [-0.4, -0.2) is 63.7 Å². The van der Waals surface area contributed by atoms with Crippen LogP contribution in [0.4, 0.5) is 0 Å². The SMILES string of the molecule is NC(=O)CC(NC(=O)C(N)Cc1ccc(O)cc1)C(=O)NC(CO)C(=O)O. The number of nitrogens with one attached hydrogen (secondary N) is 2. The van der Waals surface area contributed by atoms with Gasteiger partial charge in [-0.2, -0.15) is 0 Å². The molecule has 148 valence electrons. The maximum Gasteiger partial charge on any atom is 0.328 e. The van der Waals surface area contributed by atoms with E-state index in [1.807, 2.05) is 5.32 Å². The van der Waals surface area contributed by atoms with Gasteiger partial charge in [0.1, 0.15) is 17.8 Å². The highest BCUT2D eigenvalue weighted by Gasteiger charge is 2.28. The first-order valence-electron chi connectivity index (χ1n) is 7.90. The number of benzene rings is 1. The van der Waals surface area contributed by atoms with Crippen LogP contribution in [0, 0.1) is 0 Å². The number of aliphatic carboxylic acids is 1. The van der Waals surface area contributed by atoms with Gasteiger partial charge in [-0.1, -0.05) is 12.1 Å². The normalized spacial score (nSPS) is 13.9. The first kappa shape index (κ1) is 21.9. The van der Waals surface area contributed by atoms with Crippen molar-refractivity contribution in [3.8, 4) is 5.75 Å². The zero-order valence-electron chi connectivity index (χ0n) is 14.3. The predicted molar refractivity (Wildman–Crippen MR) is 92.2 cm³/mol. The zero-order chi connectivity index (χ0) is 20.6. The monoisotopic (exact) mass is 382 g/mol. The number of aliphatic hydroxyl groups is 1. The first-order valence-corrected chi connectivity index (χ1v) is 7.90. The van der Waals surface area contributed by atoms with Crippen LogP contribution in [0.1, 0.15) is 12.0 Å². The fourth-order valence-corrected chi connectivity index (χ4v) is 2.13. The van der Waals surface area contributed by atoms with Crippen LogP contribution in [0.25, 0.3) is 0 Å². The number of phenols is 1. The lowest BCUT2D eigenvalue weighted by Gasteiger charge is -2.21. The summed E-state index contributed by atoms with van der Waals surface area (Å²) in [6, 6.07) is 1.84. The third-order valence-corrected chi connectivity index (χ3v) is 3.56. The van der Waals surface area contributed by atoms with E-state index in [1.54, 1.807) is 12.1 Å². The van der Waals surface area contributed by atoms with Crippen molar-refractivity contribution in [2.24, 2.45) is 11.5 Å². The summed E-state index contributed by atoms with van der Waals surface area (Å²) in [6.07, 6.45) is -0.493. The smallest absolute Gasteiger partial charge is 0.328 e. The molecule has 0 aliphatic carbocycles. The van der Waals surface area contributed by atoms with E-state index in [4.69, 9.17) is 21.7 Å². The number of carbonyl (C=O) groups excluding carboxylic acids is 3. The van der Waals surface area contributed by atoms with Crippen LogP contribution in [0.15, 0.2) is 24.3 Å². The molecular formula is C16H22N4O7. The predicted octanol–water partition coefficient (Wildman–Crippen LogP) is -2.82. The Kier molecular flexibility index (Phi) is 8.17. The zero-order valence-corrected chi connectivity index (χ0v) is 14.3. The number of hydrogen-bond donors (Lipinski definition) is 7. The molecule has 0 aliphatic heterocycles. The van der Waals surface area contributed by atoms with E-state index in [1.165, 1.54) is 12.1 Å². The molecule has 0 saturated carbocycles. The molecule has 0 fully saturated rings. The number of rotatable bonds is 10. The highest BCUT2D eigenvalue weighted by molar-refractivity contribution is 5.94. The third kappa shape index (κ3) is 7.30. The van der Waals surface area contributed by atoms with E-state index >= 15 is 0 Å². The maximum atomic E-state index is 12.2. The summed E-state index contributed by atoms with van der Waals surface area (Å²) in [5.74, 6) is -4.11. The van der Waals surface area contributed by atoms with Gasteiger partial charge in [0.05, 0.1) is 19.1 Å². The molecule has 0 aliphatic rings. The number of carboxylic acid groups (broad SMARTS) is 1. The van der Waals surface area contributed by atoms with Gasteiger partial charge >= 0.3 is 5.97 Å². The molecule has 11 nitrogen and oxygen atoms in total. The van der Waals surface area contributed by atoms with Gasteiger partial charge in [-0.3, -0.25) is 14.4 Å². The molecule has 1 aromatic carbocycles. The van der Waals surface area contributed by atoms with Crippen molar-refractivity contribution in [3.05, 3.63) is 29.8 Å². The Morgan fingerprint density at radius 1 is 1.00 bits per heavy atom. The van der Waals surface area contributed by atoms with Gasteiger partial charge in [-0.15, -0.1) is 0 Å². The van der Waals surface area contributed by atoms with E-state index < -0.39 is 54.8 Å². The van der Waals surface area contributed by atoms with Crippen molar-refractivity contribution in [3.63, 3.8) is 0 Å². The molecule has 0 spiro atoms. The lowest BCUT2D eigenvalue weighted by atomic mass is 10.0. The number of carbonyl (C=O) groups is 4. The van der Waals surface area contributed by atoms with Gasteiger partial charge in [0.25, 0.3) is 0 Å². The molecule has 0 heterocycles. The number of hydrogen-bond acceptors (Lipinski definition) is 7. The van der Waals surface area contributed by atoms with Crippen molar-refractivity contribution in [1.29, 1.82) is 0 Å². The van der Waals surface area contributed by atoms with E-state index in [-0.39, 0.29) is 12.2 Å². The fraction of sp³-hybridized carbons (Fsp3) is 0.375. The summed E-state index contributed by atoms with van der Waals surface area (Å²) in [4.78, 5) is 46.4. The van der Waals surface area contributed by atoms with Gasteiger partial charge in [0, 0.05) is 0 Å². The Morgan fingerprint density at radius 3 is 2.04 bits per heavy atom. The molecule has 0 saturated heterocycles. The highest BCUT2D eigenvalue weighted by Crippen LogP contribution is 2.11. The molecule has 1 aromatic rings. The van der Waals surface area contributed by atoms with Crippen LogP contribution in [0.5, 0.6) is 5.75 Å². The van der Waals surface area contributed by atoms with Gasteiger partial charge in [-0.25, -0.2) is 4.79 Å². The average molecular weight is 382 g/mol. The molecule has 11 heteroatoms. The molecule has 0 aromatic heterocycles. The molecule has 9 N–H and O–H groups in total. The largest absolute Gasteiger partial charge is 0.508 e. The molecular weight excluding hydrogens is 360 g/mol. The summed E-state index contributed by atoms with van der Waals surface area (Å²) >= 11 is 0. The molecule has 3 amide bonds. The molecule has 1 rings (SSSR count). The first-order chi connectivity index (χ1) is 12.6. The molecule has 3 unspecified atom stereocenters. The minimum Gasteiger partial charge on any atom is -0.508 e. The minimum atomic E-state index is -1.60. The molecule has 0 bridgehead atoms. The van der Waals surface area contributed by atoms with E-state index in [0.717, 1.165) is 0 Å². The number of nitrogens with two attached hydrogens (primary N) is 2. The second-order valence-electron chi connectivity index (χ2n) is 5.79. The molecule has 27 heavy (non-hydrogen) atoms. The fourth-order valence-electron chi connectivity index (χ4n) is 2.13. The number of phenolic OH excluding ortho intramolecular Hbond substituents is 1. The Morgan fingerprint density at radius 2 is 1.56 bits per heavy atom. The quantitative estimate of drug-likeness (QED) is 0.224. The average Bonchev–Trinajstić information content (AvgIpc) is 2.59. The van der Waals surface area contributed by atoms with Crippen LogP contribution in [0.3, 0.4) is 0 Å². The standard InChI is InChI=1S/C16H22N4O7/c17-10(5-8-1-3-9(22)4-2-8)14(24)19-11(6-13(18)23)15(25)20-12(7-21)16(26)27/h1-4,10-12,21-22H,5-7,17H2,(H2,18,23)(H,19,24)(H,20,25)(H,26,27). The van der Waals surface area contributed by atoms with Gasteiger partial charge in [0.2, 0.25) is 17.7 Å². The molecule has 0 radical (unpaired) electrons. The lowest BCUT2D eigenvalue weighted by Crippen LogP contribution is -2.56. The summed E-state index contributed by atoms with van der Waals surface area (Å²) in [5, 5.41) is 31.3. The van der Waals surface area contributed by atoms with E-state index in [2.05, 4.69) is 5.32 Å². The maximum absolute atomic E-state index is 12.2. The van der Waals surface area contributed by atoms with Crippen LogP contribution in [-0.2, 0) is 25.6 Å². The Labute approximate surface area is 154 Å². The summed E-state index contributed by atoms with van der Waals surface area (Å²) in [6.45, 7) is -0.876. The Balaban J connectivity index is 2.77. The van der Waals surface area contributed by atoms with E-state index in [9.17, 15) is 24.3 Å². The lowest BCUT2D eigenvalue weighted by molar-refractivity contribution is -0.143. The van der Waals surface area contributed by atoms with Gasteiger partial charge < -0.3 is 37.4 Å². The highest BCUT2D eigenvalue weighted by atomic mass is 16.4. The van der Waals surface area contributed by atoms with E-state index in [0.29, 0.717) is 5.56 Å². The van der Waals surface area contributed by atoms with Crippen molar-refractivity contribution in [1.82, 2.24) is 10.6 Å². The number of aliphatic hydroxyl groups excluding tert-OH is 1. The van der Waals surface area contributed by atoms with Crippen LogP contribution < -0.4 is 22.1 Å². The third-order valence-electron chi connectivity index (χ3n) is 3.56. The second-order valence-corrected chi connectivity index (χ2v) is 5.79. The van der Waals surface area contributed by atoms with Crippen molar-refractivity contribution >= 4 is 23.7 Å². The van der Waals surface area contributed by atoms with Crippen molar-refractivity contribution in [2.75, 3.05) is 6.61 Å². The molecule has 3 atom stereocenters. The summed E-state index contributed by atoms with van der Waals surface area (Å²) in [5.41, 5.74) is 11.5. The number of amides is 3. The van der Waals surface area contributed by atoms with Crippen molar-refractivity contribution in [2.45, 2.75) is 31.0 Å². The van der Waals surface area contributed by atoms with Crippen LogP contribution >= 0.6 is 0 Å². The summed E-state index contributed by atoms with van der Waals surface area (Å²) in [7, 11) is 0. The second kappa shape index (κ2) is 10.1. The summed E-state index contributed by atoms with van der Waals surface area (Å²) < 4.78 is 0. The Bertz CT molecular complexity index is 693.